The van der Waals surface area contributed by atoms with Crippen LogP contribution >= 0.6 is 0 Å². The lowest BCUT2D eigenvalue weighted by molar-refractivity contribution is -0.274. The Balaban J connectivity index is 2.13. The summed E-state index contributed by atoms with van der Waals surface area (Å²) >= 11 is 0. The summed E-state index contributed by atoms with van der Waals surface area (Å²) in [5.41, 5.74) is 1.07. The predicted molar refractivity (Wildman–Crippen MR) is 64.4 cm³/mol. The molecule has 2 aromatic carbocycles. The normalized spacial score (nSPS) is 11.2. The first-order valence-corrected chi connectivity index (χ1v) is 5.53. The summed E-state index contributed by atoms with van der Waals surface area (Å²) < 4.78 is 45.5. The lowest BCUT2D eigenvalue weighted by Crippen LogP contribution is -2.16. The zero-order chi connectivity index (χ0) is 13.9. The second kappa shape index (κ2) is 5.22. The molecule has 0 amide bonds. The van der Waals surface area contributed by atoms with E-state index in [2.05, 4.69) is 4.74 Å². The fourth-order valence-electron chi connectivity index (χ4n) is 1.48. The highest BCUT2D eigenvalue weighted by atomic mass is 19.4. The molecule has 0 unspecified atom stereocenters. The minimum Gasteiger partial charge on any atom is -0.457 e. The summed E-state index contributed by atoms with van der Waals surface area (Å²) in [7, 11) is 0. The molecule has 5 heteroatoms. The largest absolute Gasteiger partial charge is 0.573 e. The van der Waals surface area contributed by atoms with Crippen LogP contribution in [0.15, 0.2) is 48.5 Å². The lowest BCUT2D eigenvalue weighted by atomic mass is 10.2. The van der Waals surface area contributed by atoms with Gasteiger partial charge in [-0.2, -0.15) is 0 Å². The first kappa shape index (κ1) is 13.3. The van der Waals surface area contributed by atoms with Crippen LogP contribution in [0.3, 0.4) is 0 Å². The van der Waals surface area contributed by atoms with Crippen LogP contribution < -0.4 is 9.47 Å². The first-order chi connectivity index (χ1) is 8.92. The van der Waals surface area contributed by atoms with Crippen molar-refractivity contribution < 1.29 is 22.6 Å². The van der Waals surface area contributed by atoms with Gasteiger partial charge in [-0.25, -0.2) is 0 Å². The maximum Gasteiger partial charge on any atom is 0.573 e. The van der Waals surface area contributed by atoms with Gasteiger partial charge in [0, 0.05) is 6.07 Å². The third-order valence-electron chi connectivity index (χ3n) is 2.30. The number of benzene rings is 2. The van der Waals surface area contributed by atoms with Gasteiger partial charge >= 0.3 is 6.36 Å². The summed E-state index contributed by atoms with van der Waals surface area (Å²) in [5, 5.41) is 0. The van der Waals surface area contributed by atoms with E-state index in [1.54, 1.807) is 18.2 Å². The molecular weight excluding hydrogens is 257 g/mol. The van der Waals surface area contributed by atoms with E-state index in [9.17, 15) is 13.2 Å². The van der Waals surface area contributed by atoms with E-state index >= 15 is 0 Å². The Morgan fingerprint density at radius 3 is 2.11 bits per heavy atom. The van der Waals surface area contributed by atoms with Gasteiger partial charge in [-0.15, -0.1) is 13.2 Å². The molecule has 0 heterocycles. The van der Waals surface area contributed by atoms with Crippen molar-refractivity contribution in [2.45, 2.75) is 13.3 Å². The Kier molecular flexibility index (Phi) is 3.64. The monoisotopic (exact) mass is 268 g/mol. The van der Waals surface area contributed by atoms with Crippen LogP contribution in [0.5, 0.6) is 17.2 Å². The van der Waals surface area contributed by atoms with E-state index < -0.39 is 6.36 Å². The molecular formula is C14H11F3O2. The molecule has 19 heavy (non-hydrogen) atoms. The highest BCUT2D eigenvalue weighted by Crippen LogP contribution is 2.28. The molecule has 0 aromatic heterocycles. The van der Waals surface area contributed by atoms with Gasteiger partial charge in [0.1, 0.15) is 17.2 Å². The Morgan fingerprint density at radius 1 is 0.842 bits per heavy atom. The summed E-state index contributed by atoms with van der Waals surface area (Å²) in [6.07, 6.45) is -4.71. The van der Waals surface area contributed by atoms with Crippen LogP contribution in [0, 0.1) is 6.92 Å². The van der Waals surface area contributed by atoms with Crippen molar-refractivity contribution in [2.75, 3.05) is 0 Å². The van der Waals surface area contributed by atoms with Gasteiger partial charge in [0.2, 0.25) is 0 Å². The minimum absolute atomic E-state index is 0.283. The Labute approximate surface area is 108 Å². The molecule has 2 rings (SSSR count). The number of hydrogen-bond acceptors (Lipinski definition) is 2. The molecule has 0 fully saturated rings. The van der Waals surface area contributed by atoms with Crippen molar-refractivity contribution in [1.82, 2.24) is 0 Å². The van der Waals surface area contributed by atoms with Gasteiger partial charge in [-0.1, -0.05) is 23.8 Å². The molecule has 0 saturated carbocycles. The van der Waals surface area contributed by atoms with Crippen LogP contribution in [0.1, 0.15) is 5.56 Å². The van der Waals surface area contributed by atoms with Gasteiger partial charge in [0.15, 0.2) is 0 Å². The zero-order valence-corrected chi connectivity index (χ0v) is 10.1. The molecule has 0 saturated heterocycles. The standard InChI is InChI=1S/C14H11F3O2/c1-10-5-7-11(8-6-10)18-12-3-2-4-13(9-12)19-14(15,16)17/h2-9H,1H3. The summed E-state index contributed by atoms with van der Waals surface area (Å²) in [6.45, 7) is 1.93. The Morgan fingerprint density at radius 2 is 1.47 bits per heavy atom. The van der Waals surface area contributed by atoms with Crippen molar-refractivity contribution in [3.63, 3.8) is 0 Å². The van der Waals surface area contributed by atoms with E-state index in [0.717, 1.165) is 5.56 Å². The number of ether oxygens (including phenoxy) is 2. The Bertz CT molecular complexity index is 547. The second-order valence-electron chi connectivity index (χ2n) is 3.94. The maximum absolute atomic E-state index is 12.1. The van der Waals surface area contributed by atoms with E-state index in [-0.39, 0.29) is 11.5 Å². The van der Waals surface area contributed by atoms with Gasteiger partial charge in [-0.05, 0) is 31.2 Å². The molecule has 0 bridgehead atoms. The van der Waals surface area contributed by atoms with Crippen molar-refractivity contribution in [3.05, 3.63) is 54.1 Å². The second-order valence-corrected chi connectivity index (χ2v) is 3.94. The van der Waals surface area contributed by atoms with Crippen LogP contribution in [0.25, 0.3) is 0 Å². The smallest absolute Gasteiger partial charge is 0.457 e. The van der Waals surface area contributed by atoms with Crippen molar-refractivity contribution in [3.8, 4) is 17.2 Å². The molecule has 2 nitrogen and oxygen atoms in total. The molecule has 0 atom stereocenters. The highest BCUT2D eigenvalue weighted by Gasteiger charge is 2.31. The quantitative estimate of drug-likeness (QED) is 0.804. The molecule has 0 aliphatic heterocycles. The zero-order valence-electron chi connectivity index (χ0n) is 10.1. The van der Waals surface area contributed by atoms with Gasteiger partial charge in [0.05, 0.1) is 0 Å². The predicted octanol–water partition coefficient (Wildman–Crippen LogP) is 4.69. The average molecular weight is 268 g/mol. The lowest BCUT2D eigenvalue weighted by Gasteiger charge is -2.10. The van der Waals surface area contributed by atoms with Crippen LogP contribution in [0.2, 0.25) is 0 Å². The third-order valence-corrected chi connectivity index (χ3v) is 2.30. The van der Waals surface area contributed by atoms with Gasteiger partial charge in [-0.3, -0.25) is 0 Å². The highest BCUT2D eigenvalue weighted by molar-refractivity contribution is 5.37. The SMILES string of the molecule is Cc1ccc(Oc2cccc(OC(F)(F)F)c2)cc1. The van der Waals surface area contributed by atoms with Crippen LogP contribution in [0.4, 0.5) is 13.2 Å². The van der Waals surface area contributed by atoms with E-state index in [4.69, 9.17) is 4.74 Å². The molecule has 0 N–H and O–H groups in total. The summed E-state index contributed by atoms with van der Waals surface area (Å²) in [5.74, 6) is 0.525. The van der Waals surface area contributed by atoms with Crippen LogP contribution in [-0.4, -0.2) is 6.36 Å². The van der Waals surface area contributed by atoms with Gasteiger partial charge < -0.3 is 9.47 Å². The molecule has 2 aromatic rings. The molecule has 100 valence electrons. The van der Waals surface area contributed by atoms with Gasteiger partial charge in [0.25, 0.3) is 0 Å². The fraction of sp³-hybridized carbons (Fsp3) is 0.143. The first-order valence-electron chi connectivity index (χ1n) is 5.53. The molecule has 0 radical (unpaired) electrons. The molecule has 0 aliphatic rings. The number of halogens is 3. The molecule has 0 aliphatic carbocycles. The van der Waals surface area contributed by atoms with Crippen molar-refractivity contribution >= 4 is 0 Å². The van der Waals surface area contributed by atoms with E-state index in [0.29, 0.717) is 5.75 Å². The Hall–Kier alpha value is -2.17. The van der Waals surface area contributed by atoms with E-state index in [1.165, 1.54) is 18.2 Å². The number of hydrogen-bond donors (Lipinski definition) is 0. The summed E-state index contributed by atoms with van der Waals surface area (Å²) in [4.78, 5) is 0. The van der Waals surface area contributed by atoms with Crippen LogP contribution in [-0.2, 0) is 0 Å². The summed E-state index contributed by atoms with van der Waals surface area (Å²) in [6, 6.07) is 12.6. The van der Waals surface area contributed by atoms with Crippen molar-refractivity contribution in [2.24, 2.45) is 0 Å². The van der Waals surface area contributed by atoms with E-state index in [1.807, 2.05) is 19.1 Å². The topological polar surface area (TPSA) is 18.5 Å². The number of aryl methyl sites for hydroxylation is 1. The maximum atomic E-state index is 12.1. The number of rotatable bonds is 3. The number of alkyl halides is 3. The third kappa shape index (κ3) is 4.21. The fourth-order valence-corrected chi connectivity index (χ4v) is 1.48. The average Bonchev–Trinajstić information content (AvgIpc) is 2.30. The molecule has 0 spiro atoms. The minimum atomic E-state index is -4.71. The van der Waals surface area contributed by atoms with Crippen molar-refractivity contribution in [1.29, 1.82) is 0 Å².